The SMILES string of the molecule is COc1ccc(C(=O)N2CCC3(CC2)CC(Cn2ccnc2)OC3=O)c(OC)n1. The predicted octanol–water partition coefficient (Wildman–Crippen LogP) is 1.53. The van der Waals surface area contributed by atoms with Gasteiger partial charge >= 0.3 is 5.97 Å². The summed E-state index contributed by atoms with van der Waals surface area (Å²) in [5.74, 6) is 0.301. The van der Waals surface area contributed by atoms with E-state index in [1.165, 1.54) is 14.2 Å². The first-order chi connectivity index (χ1) is 14.0. The van der Waals surface area contributed by atoms with Gasteiger partial charge in [-0.3, -0.25) is 9.59 Å². The number of carbonyl (C=O) groups excluding carboxylic acids is 2. The summed E-state index contributed by atoms with van der Waals surface area (Å²) >= 11 is 0. The summed E-state index contributed by atoms with van der Waals surface area (Å²) in [6, 6.07) is 3.29. The predicted molar refractivity (Wildman–Crippen MR) is 102 cm³/mol. The first-order valence-corrected chi connectivity index (χ1v) is 9.60. The van der Waals surface area contributed by atoms with Crippen molar-refractivity contribution in [3.8, 4) is 11.8 Å². The molecule has 2 aromatic rings. The molecule has 0 radical (unpaired) electrons. The number of esters is 1. The van der Waals surface area contributed by atoms with Crippen LogP contribution in [0, 0.1) is 5.41 Å². The average Bonchev–Trinajstić information content (AvgIpc) is 3.36. The van der Waals surface area contributed by atoms with E-state index in [0.717, 1.165) is 0 Å². The average molecular weight is 400 g/mol. The molecule has 0 aliphatic carbocycles. The molecule has 2 aliphatic rings. The third kappa shape index (κ3) is 3.64. The van der Waals surface area contributed by atoms with Gasteiger partial charge in [-0.15, -0.1) is 0 Å². The van der Waals surface area contributed by atoms with E-state index in [2.05, 4.69) is 9.97 Å². The molecule has 154 valence electrons. The molecule has 4 rings (SSSR count). The number of cyclic esters (lactones) is 1. The maximum absolute atomic E-state index is 13.0. The van der Waals surface area contributed by atoms with Crippen molar-refractivity contribution in [1.29, 1.82) is 0 Å². The fraction of sp³-hybridized carbons (Fsp3) is 0.500. The molecular weight excluding hydrogens is 376 g/mol. The van der Waals surface area contributed by atoms with Crippen LogP contribution < -0.4 is 9.47 Å². The molecule has 0 N–H and O–H groups in total. The van der Waals surface area contributed by atoms with Crippen LogP contribution in [-0.4, -0.2) is 64.7 Å². The molecule has 9 nitrogen and oxygen atoms in total. The summed E-state index contributed by atoms with van der Waals surface area (Å²) in [6.07, 6.45) is 6.96. The van der Waals surface area contributed by atoms with Gasteiger partial charge in [-0.2, -0.15) is 4.98 Å². The van der Waals surface area contributed by atoms with Crippen LogP contribution in [0.1, 0.15) is 29.6 Å². The number of piperidine rings is 1. The van der Waals surface area contributed by atoms with Crippen molar-refractivity contribution in [2.24, 2.45) is 5.41 Å². The van der Waals surface area contributed by atoms with E-state index in [-0.39, 0.29) is 23.9 Å². The largest absolute Gasteiger partial charge is 0.481 e. The topological polar surface area (TPSA) is 95.8 Å². The first kappa shape index (κ1) is 19.2. The first-order valence-electron chi connectivity index (χ1n) is 9.60. The molecule has 9 heteroatoms. The van der Waals surface area contributed by atoms with Gasteiger partial charge in [0.1, 0.15) is 11.7 Å². The standard InChI is InChI=1S/C20H24N4O5/c1-27-16-4-3-15(17(22-16)28-2)18(25)24-8-5-20(6-9-24)11-14(29-19(20)26)12-23-10-7-21-13-23/h3-4,7,10,13-14H,5-6,8-9,11-12H2,1-2H3. The molecule has 1 atom stereocenters. The number of amides is 1. The van der Waals surface area contributed by atoms with E-state index in [1.807, 2.05) is 10.8 Å². The van der Waals surface area contributed by atoms with Gasteiger partial charge < -0.3 is 23.7 Å². The molecule has 0 saturated carbocycles. The molecule has 2 aromatic heterocycles. The number of likely N-dealkylation sites (tertiary alicyclic amines) is 1. The highest BCUT2D eigenvalue weighted by Crippen LogP contribution is 2.43. The molecule has 2 aliphatic heterocycles. The Labute approximate surface area is 168 Å². The van der Waals surface area contributed by atoms with Crippen LogP contribution in [0.15, 0.2) is 30.9 Å². The van der Waals surface area contributed by atoms with Gasteiger partial charge in [-0.05, 0) is 18.9 Å². The zero-order valence-corrected chi connectivity index (χ0v) is 16.5. The molecule has 0 bridgehead atoms. The molecule has 2 fully saturated rings. The molecule has 29 heavy (non-hydrogen) atoms. The Morgan fingerprint density at radius 2 is 2.07 bits per heavy atom. The number of hydrogen-bond acceptors (Lipinski definition) is 7. The van der Waals surface area contributed by atoms with E-state index < -0.39 is 5.41 Å². The summed E-state index contributed by atoms with van der Waals surface area (Å²) in [7, 11) is 2.98. The molecule has 1 spiro atoms. The Kier molecular flexibility index (Phi) is 5.12. The quantitative estimate of drug-likeness (QED) is 0.703. The molecule has 1 unspecified atom stereocenters. The summed E-state index contributed by atoms with van der Waals surface area (Å²) in [6.45, 7) is 1.58. The number of carbonyl (C=O) groups is 2. The zero-order chi connectivity index (χ0) is 20.4. The van der Waals surface area contributed by atoms with Crippen molar-refractivity contribution in [3.05, 3.63) is 36.4 Å². The van der Waals surface area contributed by atoms with Crippen LogP contribution in [-0.2, 0) is 16.1 Å². The van der Waals surface area contributed by atoms with Crippen LogP contribution in [0.4, 0.5) is 0 Å². The number of ether oxygens (including phenoxy) is 3. The second kappa shape index (κ2) is 7.73. The number of imidazole rings is 1. The van der Waals surface area contributed by atoms with Gasteiger partial charge in [0.25, 0.3) is 5.91 Å². The van der Waals surface area contributed by atoms with Crippen molar-refractivity contribution in [1.82, 2.24) is 19.4 Å². The Bertz CT molecular complexity index is 890. The fourth-order valence-corrected chi connectivity index (χ4v) is 4.14. The highest BCUT2D eigenvalue weighted by Gasteiger charge is 2.51. The van der Waals surface area contributed by atoms with Gasteiger partial charge in [-0.1, -0.05) is 0 Å². The number of pyridine rings is 1. The van der Waals surface area contributed by atoms with Crippen molar-refractivity contribution < 1.29 is 23.8 Å². The van der Waals surface area contributed by atoms with Gasteiger partial charge in [0, 0.05) is 38.0 Å². The minimum Gasteiger partial charge on any atom is -0.481 e. The van der Waals surface area contributed by atoms with Gasteiger partial charge in [-0.25, -0.2) is 4.98 Å². The van der Waals surface area contributed by atoms with Crippen LogP contribution in [0.2, 0.25) is 0 Å². The van der Waals surface area contributed by atoms with Crippen molar-refractivity contribution in [2.75, 3.05) is 27.3 Å². The Morgan fingerprint density at radius 1 is 1.28 bits per heavy atom. The molecule has 1 amide bonds. The number of methoxy groups -OCH3 is 2. The molecule has 0 aromatic carbocycles. The smallest absolute Gasteiger partial charge is 0.312 e. The number of aromatic nitrogens is 3. The van der Waals surface area contributed by atoms with E-state index in [0.29, 0.717) is 50.3 Å². The van der Waals surface area contributed by atoms with Crippen LogP contribution in [0.25, 0.3) is 0 Å². The second-order valence-electron chi connectivity index (χ2n) is 7.47. The van der Waals surface area contributed by atoms with Crippen LogP contribution in [0.3, 0.4) is 0 Å². The third-order valence-electron chi connectivity index (χ3n) is 5.77. The minimum atomic E-state index is -0.510. The fourth-order valence-electron chi connectivity index (χ4n) is 4.14. The van der Waals surface area contributed by atoms with Crippen LogP contribution in [0.5, 0.6) is 11.8 Å². The van der Waals surface area contributed by atoms with E-state index in [9.17, 15) is 9.59 Å². The number of nitrogens with zero attached hydrogens (tertiary/aromatic N) is 4. The Balaban J connectivity index is 1.41. The van der Waals surface area contributed by atoms with E-state index in [4.69, 9.17) is 14.2 Å². The Hall–Kier alpha value is -3.10. The van der Waals surface area contributed by atoms with Gasteiger partial charge in [0.15, 0.2) is 0 Å². The van der Waals surface area contributed by atoms with Crippen LogP contribution >= 0.6 is 0 Å². The van der Waals surface area contributed by atoms with E-state index in [1.54, 1.807) is 29.6 Å². The summed E-state index contributed by atoms with van der Waals surface area (Å²) < 4.78 is 17.9. The van der Waals surface area contributed by atoms with Gasteiger partial charge in [0.05, 0.1) is 32.5 Å². The Morgan fingerprint density at radius 3 is 2.72 bits per heavy atom. The van der Waals surface area contributed by atoms with E-state index >= 15 is 0 Å². The third-order valence-corrected chi connectivity index (χ3v) is 5.77. The minimum absolute atomic E-state index is 0.154. The number of hydrogen-bond donors (Lipinski definition) is 0. The highest BCUT2D eigenvalue weighted by atomic mass is 16.6. The number of rotatable bonds is 5. The van der Waals surface area contributed by atoms with Crippen molar-refractivity contribution in [2.45, 2.75) is 31.9 Å². The lowest BCUT2D eigenvalue weighted by Crippen LogP contribution is -2.45. The maximum atomic E-state index is 13.0. The summed E-state index contributed by atoms with van der Waals surface area (Å²) in [5.41, 5.74) is -0.124. The lowest BCUT2D eigenvalue weighted by Gasteiger charge is -2.36. The second-order valence-corrected chi connectivity index (χ2v) is 7.47. The molecule has 4 heterocycles. The zero-order valence-electron chi connectivity index (χ0n) is 16.5. The van der Waals surface area contributed by atoms with Crippen molar-refractivity contribution >= 4 is 11.9 Å². The normalized spacial score (nSPS) is 20.6. The molecule has 2 saturated heterocycles. The maximum Gasteiger partial charge on any atom is 0.312 e. The van der Waals surface area contributed by atoms with Gasteiger partial charge in [0.2, 0.25) is 11.8 Å². The lowest BCUT2D eigenvalue weighted by molar-refractivity contribution is -0.150. The summed E-state index contributed by atoms with van der Waals surface area (Å²) in [5, 5.41) is 0. The highest BCUT2D eigenvalue weighted by molar-refractivity contribution is 5.96. The summed E-state index contributed by atoms with van der Waals surface area (Å²) in [4.78, 5) is 35.5. The molecular formula is C20H24N4O5. The van der Waals surface area contributed by atoms with Crippen molar-refractivity contribution in [3.63, 3.8) is 0 Å². The monoisotopic (exact) mass is 400 g/mol. The lowest BCUT2D eigenvalue weighted by atomic mass is 9.76.